The highest BCUT2D eigenvalue weighted by Crippen LogP contribution is 2.17. The Morgan fingerprint density at radius 1 is 1.14 bits per heavy atom. The molecule has 7 heteroatoms. The Kier molecular flexibility index (Phi) is 5.18. The van der Waals surface area contributed by atoms with Crippen LogP contribution in [0, 0.1) is 0 Å². The molecule has 0 aromatic heterocycles. The third kappa shape index (κ3) is 4.30. The first kappa shape index (κ1) is 16.5. The monoisotopic (exact) mass is 323 g/mol. The van der Waals surface area contributed by atoms with Crippen molar-refractivity contribution in [3.8, 4) is 0 Å². The molecule has 1 saturated carbocycles. The molecule has 1 amide bonds. The summed E-state index contributed by atoms with van der Waals surface area (Å²) in [7, 11) is -1.83. The van der Waals surface area contributed by atoms with Gasteiger partial charge in [0.15, 0.2) is 0 Å². The molecule has 6 nitrogen and oxygen atoms in total. The van der Waals surface area contributed by atoms with Gasteiger partial charge in [0.05, 0.1) is 11.9 Å². The average Bonchev–Trinajstić information content (AvgIpc) is 2.52. The molecule has 120 valence electrons. The number of hydrogen-bond donors (Lipinski definition) is 1. The van der Waals surface area contributed by atoms with Crippen molar-refractivity contribution in [1.29, 1.82) is 0 Å². The summed E-state index contributed by atoms with van der Waals surface area (Å²) < 4.78 is 24.1. The molecule has 1 aliphatic rings. The normalized spacial score (nSPS) is 15.3. The third-order valence-electron chi connectivity index (χ3n) is 3.74. The van der Waals surface area contributed by atoms with Crippen LogP contribution in [0.3, 0.4) is 0 Å². The quantitative estimate of drug-likeness (QED) is 0.862. The highest BCUT2D eigenvalue weighted by molar-refractivity contribution is 7.92. The number of carbonyl (C=O) groups is 1. The average molecular weight is 323 g/mol. The van der Waals surface area contributed by atoms with E-state index in [4.69, 9.17) is 0 Å². The number of hydrogen-bond acceptors (Lipinski definition) is 4. The van der Waals surface area contributed by atoms with Crippen molar-refractivity contribution in [3.63, 3.8) is 0 Å². The predicted octanol–water partition coefficient (Wildman–Crippen LogP) is 2.13. The van der Waals surface area contributed by atoms with Gasteiger partial charge in [0.2, 0.25) is 10.0 Å². The van der Waals surface area contributed by atoms with Crippen LogP contribution in [0.5, 0.6) is 0 Å². The maximum atomic E-state index is 12.0. The van der Waals surface area contributed by atoms with Crippen molar-refractivity contribution >= 4 is 27.3 Å². The number of nitrogens with one attached hydrogen (secondary N) is 1. The second kappa shape index (κ2) is 6.91. The number of benzene rings is 1. The SMILES string of the molecule is CN(c1ccc(C(=O)NN=C2CCCCC2)cc1)S(C)(=O)=O. The maximum absolute atomic E-state index is 12.0. The lowest BCUT2D eigenvalue weighted by molar-refractivity contribution is 0.0954. The highest BCUT2D eigenvalue weighted by atomic mass is 32.2. The summed E-state index contributed by atoms with van der Waals surface area (Å²) in [6, 6.07) is 6.38. The maximum Gasteiger partial charge on any atom is 0.271 e. The summed E-state index contributed by atoms with van der Waals surface area (Å²) in [6.45, 7) is 0. The number of sulfonamides is 1. The van der Waals surface area contributed by atoms with Crippen molar-refractivity contribution in [2.75, 3.05) is 17.6 Å². The Bertz CT molecular complexity index is 658. The molecule has 0 heterocycles. The molecule has 0 spiro atoms. The van der Waals surface area contributed by atoms with Crippen LogP contribution in [0.1, 0.15) is 42.5 Å². The van der Waals surface area contributed by atoms with Crippen molar-refractivity contribution in [1.82, 2.24) is 5.43 Å². The number of carbonyl (C=O) groups excluding carboxylic acids is 1. The van der Waals surface area contributed by atoms with E-state index in [0.29, 0.717) is 11.3 Å². The van der Waals surface area contributed by atoms with Crippen molar-refractivity contribution in [2.24, 2.45) is 5.10 Å². The third-order valence-corrected chi connectivity index (χ3v) is 4.94. The first-order valence-electron chi connectivity index (χ1n) is 7.27. The lowest BCUT2D eigenvalue weighted by Crippen LogP contribution is -2.25. The van der Waals surface area contributed by atoms with Crippen LogP contribution in [0.4, 0.5) is 5.69 Å². The second-order valence-electron chi connectivity index (χ2n) is 5.46. The molecule has 0 bridgehead atoms. The highest BCUT2D eigenvalue weighted by Gasteiger charge is 2.13. The Balaban J connectivity index is 2.02. The summed E-state index contributed by atoms with van der Waals surface area (Å²) >= 11 is 0. The standard InChI is InChI=1S/C15H21N3O3S/c1-18(22(2,20)21)14-10-8-12(9-11-14)15(19)17-16-13-6-4-3-5-7-13/h8-11H,3-7H2,1-2H3,(H,17,19). The van der Waals surface area contributed by atoms with E-state index >= 15 is 0 Å². The Hall–Kier alpha value is -1.89. The number of rotatable bonds is 4. The molecular formula is C15H21N3O3S. The van der Waals surface area contributed by atoms with Crippen LogP contribution >= 0.6 is 0 Å². The van der Waals surface area contributed by atoms with Gasteiger partial charge in [0, 0.05) is 18.3 Å². The van der Waals surface area contributed by atoms with Gasteiger partial charge in [0.25, 0.3) is 5.91 Å². The summed E-state index contributed by atoms with van der Waals surface area (Å²) in [4.78, 5) is 12.0. The molecule has 0 atom stereocenters. The molecule has 0 unspecified atom stereocenters. The topological polar surface area (TPSA) is 78.8 Å². The lowest BCUT2D eigenvalue weighted by atomic mass is 9.99. The molecule has 2 rings (SSSR count). The van der Waals surface area contributed by atoms with Gasteiger partial charge in [-0.1, -0.05) is 6.42 Å². The van der Waals surface area contributed by atoms with E-state index in [-0.39, 0.29) is 5.91 Å². The number of anilines is 1. The minimum Gasteiger partial charge on any atom is -0.274 e. The van der Waals surface area contributed by atoms with E-state index in [2.05, 4.69) is 10.5 Å². The first-order valence-corrected chi connectivity index (χ1v) is 9.12. The van der Waals surface area contributed by atoms with Crippen LogP contribution in [-0.4, -0.2) is 33.3 Å². The second-order valence-corrected chi connectivity index (χ2v) is 7.47. The molecule has 1 aromatic rings. The van der Waals surface area contributed by atoms with Gasteiger partial charge < -0.3 is 0 Å². The molecule has 1 fully saturated rings. The molecular weight excluding hydrogens is 302 g/mol. The van der Waals surface area contributed by atoms with E-state index < -0.39 is 10.0 Å². The summed E-state index contributed by atoms with van der Waals surface area (Å²) in [6.07, 6.45) is 6.50. The molecule has 22 heavy (non-hydrogen) atoms. The van der Waals surface area contributed by atoms with Gasteiger partial charge in [-0.3, -0.25) is 9.10 Å². The van der Waals surface area contributed by atoms with Crippen LogP contribution in [-0.2, 0) is 10.0 Å². The zero-order valence-electron chi connectivity index (χ0n) is 12.9. The molecule has 1 aromatic carbocycles. The molecule has 0 radical (unpaired) electrons. The molecule has 0 saturated heterocycles. The van der Waals surface area contributed by atoms with E-state index in [1.54, 1.807) is 24.3 Å². The fraction of sp³-hybridized carbons (Fsp3) is 0.467. The van der Waals surface area contributed by atoms with Gasteiger partial charge >= 0.3 is 0 Å². The Morgan fingerprint density at radius 2 is 1.73 bits per heavy atom. The number of nitrogens with zero attached hydrogens (tertiary/aromatic N) is 2. The van der Waals surface area contributed by atoms with Gasteiger partial charge in [0.1, 0.15) is 0 Å². The summed E-state index contributed by atoms with van der Waals surface area (Å²) in [5, 5.41) is 4.17. The van der Waals surface area contributed by atoms with Gasteiger partial charge in [-0.15, -0.1) is 0 Å². The van der Waals surface area contributed by atoms with E-state index in [1.807, 2.05) is 0 Å². The van der Waals surface area contributed by atoms with Crippen LogP contribution < -0.4 is 9.73 Å². The molecule has 0 aliphatic heterocycles. The van der Waals surface area contributed by atoms with Crippen molar-refractivity contribution < 1.29 is 13.2 Å². The van der Waals surface area contributed by atoms with E-state index in [1.165, 1.54) is 13.5 Å². The summed E-state index contributed by atoms with van der Waals surface area (Å²) in [5.41, 5.74) is 4.56. The zero-order valence-corrected chi connectivity index (χ0v) is 13.7. The Morgan fingerprint density at radius 3 is 2.27 bits per heavy atom. The fourth-order valence-corrected chi connectivity index (χ4v) is 2.78. The Labute approximate surface area is 131 Å². The number of amides is 1. The van der Waals surface area contributed by atoms with Crippen molar-refractivity contribution in [3.05, 3.63) is 29.8 Å². The minimum absolute atomic E-state index is 0.286. The van der Waals surface area contributed by atoms with E-state index in [9.17, 15) is 13.2 Å². The lowest BCUT2D eigenvalue weighted by Gasteiger charge is -2.16. The first-order chi connectivity index (χ1) is 10.4. The minimum atomic E-state index is -3.30. The van der Waals surface area contributed by atoms with Crippen LogP contribution in [0.25, 0.3) is 0 Å². The fourth-order valence-electron chi connectivity index (χ4n) is 2.28. The van der Waals surface area contributed by atoms with Crippen LogP contribution in [0.2, 0.25) is 0 Å². The van der Waals surface area contributed by atoms with Crippen LogP contribution in [0.15, 0.2) is 29.4 Å². The van der Waals surface area contributed by atoms with Gasteiger partial charge in [-0.2, -0.15) is 5.10 Å². The van der Waals surface area contributed by atoms with Crippen molar-refractivity contribution in [2.45, 2.75) is 32.1 Å². The summed E-state index contributed by atoms with van der Waals surface area (Å²) in [5.74, 6) is -0.286. The number of hydrazone groups is 1. The predicted molar refractivity (Wildman–Crippen MR) is 87.7 cm³/mol. The smallest absolute Gasteiger partial charge is 0.271 e. The zero-order chi connectivity index (χ0) is 16.2. The van der Waals surface area contributed by atoms with Gasteiger partial charge in [-0.25, -0.2) is 13.8 Å². The van der Waals surface area contributed by atoms with Gasteiger partial charge in [-0.05, 0) is 49.9 Å². The molecule has 1 aliphatic carbocycles. The van der Waals surface area contributed by atoms with E-state index in [0.717, 1.165) is 42.0 Å². The molecule has 1 N–H and O–H groups in total. The largest absolute Gasteiger partial charge is 0.274 e.